The molecule has 1 rings (SSSR count). The van der Waals surface area contributed by atoms with Gasteiger partial charge in [0.25, 0.3) is 0 Å². The summed E-state index contributed by atoms with van der Waals surface area (Å²) in [6.07, 6.45) is 4.99. The average molecular weight is 185 g/mol. The fourth-order valence-electron chi connectivity index (χ4n) is 2.13. The van der Waals surface area contributed by atoms with Crippen molar-refractivity contribution in [1.29, 1.82) is 0 Å². The number of carbonyl (C=O) groups excluding carboxylic acids is 1. The topological polar surface area (TPSA) is 52.3 Å². The summed E-state index contributed by atoms with van der Waals surface area (Å²) in [5.74, 6) is 0.600. The molecule has 2 atom stereocenters. The van der Waals surface area contributed by atoms with E-state index in [4.69, 9.17) is 5.73 Å². The molecule has 2 N–H and O–H groups in total. The van der Waals surface area contributed by atoms with E-state index in [1.54, 1.807) is 0 Å². The maximum absolute atomic E-state index is 11.2. The molecule has 0 aliphatic heterocycles. The van der Waals surface area contributed by atoms with Gasteiger partial charge < -0.3 is 10.5 Å². The molecule has 2 unspecified atom stereocenters. The second kappa shape index (κ2) is 4.61. The van der Waals surface area contributed by atoms with Crippen molar-refractivity contribution in [3.8, 4) is 0 Å². The molecule has 0 spiro atoms. The monoisotopic (exact) mass is 185 g/mol. The van der Waals surface area contributed by atoms with Crippen LogP contribution in [0.1, 0.15) is 32.6 Å². The highest BCUT2D eigenvalue weighted by Gasteiger charge is 2.30. The van der Waals surface area contributed by atoms with Gasteiger partial charge in [-0.3, -0.25) is 4.79 Å². The van der Waals surface area contributed by atoms with Crippen LogP contribution in [0.5, 0.6) is 0 Å². The predicted octanol–water partition coefficient (Wildman–Crippen LogP) is 1.31. The molecule has 0 aromatic carbocycles. The van der Waals surface area contributed by atoms with Gasteiger partial charge in [-0.1, -0.05) is 32.6 Å². The second-order valence-electron chi connectivity index (χ2n) is 3.95. The summed E-state index contributed by atoms with van der Waals surface area (Å²) in [5.41, 5.74) is 5.78. The van der Waals surface area contributed by atoms with Gasteiger partial charge in [-0.15, -0.1) is 0 Å². The lowest BCUT2D eigenvalue weighted by Gasteiger charge is -2.23. The molecule has 3 nitrogen and oxygen atoms in total. The van der Waals surface area contributed by atoms with E-state index in [1.165, 1.54) is 32.8 Å². The number of rotatable bonds is 3. The van der Waals surface area contributed by atoms with Crippen LogP contribution < -0.4 is 5.73 Å². The third-order valence-corrected chi connectivity index (χ3v) is 3.18. The van der Waals surface area contributed by atoms with Gasteiger partial charge in [0.1, 0.15) is 6.04 Å². The summed E-state index contributed by atoms with van der Waals surface area (Å²) in [6.45, 7) is 2.05. The third-order valence-electron chi connectivity index (χ3n) is 3.18. The summed E-state index contributed by atoms with van der Waals surface area (Å²) in [6, 6.07) is -0.437. The Hall–Kier alpha value is -0.570. The zero-order valence-electron chi connectivity index (χ0n) is 8.45. The van der Waals surface area contributed by atoms with Gasteiger partial charge in [-0.2, -0.15) is 0 Å². The number of carbonyl (C=O) groups is 1. The van der Waals surface area contributed by atoms with E-state index >= 15 is 0 Å². The lowest BCUT2D eigenvalue weighted by atomic mass is 9.87. The number of ether oxygens (including phenoxy) is 1. The summed E-state index contributed by atoms with van der Waals surface area (Å²) < 4.78 is 4.63. The molecule has 0 aromatic rings. The van der Waals surface area contributed by atoms with Crippen LogP contribution in [0.4, 0.5) is 0 Å². The van der Waals surface area contributed by atoms with Crippen molar-refractivity contribution < 1.29 is 9.53 Å². The van der Waals surface area contributed by atoms with Gasteiger partial charge in [-0.05, 0) is 11.8 Å². The van der Waals surface area contributed by atoms with Crippen molar-refractivity contribution >= 4 is 5.97 Å². The lowest BCUT2D eigenvalue weighted by molar-refractivity contribution is -0.143. The number of esters is 1. The van der Waals surface area contributed by atoms with E-state index in [-0.39, 0.29) is 11.9 Å². The molecule has 1 aliphatic rings. The first-order chi connectivity index (χ1) is 6.16. The fraction of sp³-hybridized carbons (Fsp3) is 0.900. The Balaban J connectivity index is 2.45. The smallest absolute Gasteiger partial charge is 0.322 e. The standard InChI is InChI=1S/C10H19NO2/c1-7(8-5-3-4-6-8)9(11)10(12)13-2/h7-9H,3-6,11H2,1-2H3. The molecular formula is C10H19NO2. The summed E-state index contributed by atoms with van der Waals surface area (Å²) in [4.78, 5) is 11.2. The molecule has 0 amide bonds. The van der Waals surface area contributed by atoms with Gasteiger partial charge >= 0.3 is 5.97 Å². The minimum absolute atomic E-state index is 0.259. The van der Waals surface area contributed by atoms with Gasteiger partial charge in [0.15, 0.2) is 0 Å². The first kappa shape index (κ1) is 10.5. The largest absolute Gasteiger partial charge is 0.468 e. The Bertz CT molecular complexity index is 176. The second-order valence-corrected chi connectivity index (χ2v) is 3.95. The van der Waals surface area contributed by atoms with Gasteiger partial charge in [0.2, 0.25) is 0 Å². The number of hydrogen-bond donors (Lipinski definition) is 1. The van der Waals surface area contributed by atoms with Crippen molar-refractivity contribution in [2.75, 3.05) is 7.11 Å². The zero-order chi connectivity index (χ0) is 9.84. The van der Waals surface area contributed by atoms with Gasteiger partial charge in [-0.25, -0.2) is 0 Å². The van der Waals surface area contributed by atoms with Crippen LogP contribution >= 0.6 is 0 Å². The summed E-state index contributed by atoms with van der Waals surface area (Å²) >= 11 is 0. The number of hydrogen-bond acceptors (Lipinski definition) is 3. The third kappa shape index (κ3) is 2.44. The summed E-state index contributed by atoms with van der Waals surface area (Å²) in [5, 5.41) is 0. The molecule has 0 saturated heterocycles. The highest BCUT2D eigenvalue weighted by atomic mass is 16.5. The Kier molecular flexibility index (Phi) is 3.72. The van der Waals surface area contributed by atoms with Crippen LogP contribution in [0.3, 0.4) is 0 Å². The molecule has 0 bridgehead atoms. The van der Waals surface area contributed by atoms with E-state index in [2.05, 4.69) is 11.7 Å². The minimum atomic E-state index is -0.437. The Labute approximate surface area is 79.6 Å². The van der Waals surface area contributed by atoms with E-state index in [0.29, 0.717) is 5.92 Å². The Morgan fingerprint density at radius 2 is 2.00 bits per heavy atom. The number of methoxy groups -OCH3 is 1. The van der Waals surface area contributed by atoms with Crippen molar-refractivity contribution in [2.24, 2.45) is 17.6 Å². The quantitative estimate of drug-likeness (QED) is 0.674. The van der Waals surface area contributed by atoms with Crippen molar-refractivity contribution in [3.63, 3.8) is 0 Å². The molecule has 0 aromatic heterocycles. The predicted molar refractivity (Wildman–Crippen MR) is 51.1 cm³/mol. The molecule has 3 heteroatoms. The molecule has 1 aliphatic carbocycles. The average Bonchev–Trinajstić information content (AvgIpc) is 2.67. The van der Waals surface area contributed by atoms with Gasteiger partial charge in [0, 0.05) is 0 Å². The van der Waals surface area contributed by atoms with Crippen LogP contribution in [-0.2, 0) is 9.53 Å². The lowest BCUT2D eigenvalue weighted by Crippen LogP contribution is -2.40. The van der Waals surface area contributed by atoms with Crippen LogP contribution in [-0.4, -0.2) is 19.1 Å². The molecule has 0 heterocycles. The SMILES string of the molecule is COC(=O)C(N)C(C)C1CCCC1. The van der Waals surface area contributed by atoms with E-state index in [1.807, 2.05) is 0 Å². The van der Waals surface area contributed by atoms with E-state index in [0.717, 1.165) is 0 Å². The van der Waals surface area contributed by atoms with Crippen molar-refractivity contribution in [3.05, 3.63) is 0 Å². The van der Waals surface area contributed by atoms with E-state index < -0.39 is 6.04 Å². The van der Waals surface area contributed by atoms with Crippen LogP contribution in [0.2, 0.25) is 0 Å². The number of nitrogens with two attached hydrogens (primary N) is 1. The van der Waals surface area contributed by atoms with Crippen molar-refractivity contribution in [2.45, 2.75) is 38.6 Å². The first-order valence-electron chi connectivity index (χ1n) is 5.00. The Morgan fingerprint density at radius 3 is 2.46 bits per heavy atom. The van der Waals surface area contributed by atoms with Crippen LogP contribution in [0.15, 0.2) is 0 Å². The molecule has 1 saturated carbocycles. The highest BCUT2D eigenvalue weighted by Crippen LogP contribution is 2.32. The van der Waals surface area contributed by atoms with Crippen molar-refractivity contribution in [1.82, 2.24) is 0 Å². The normalized spacial score (nSPS) is 22.7. The molecule has 13 heavy (non-hydrogen) atoms. The highest BCUT2D eigenvalue weighted by molar-refractivity contribution is 5.75. The molecule has 76 valence electrons. The molecule has 0 radical (unpaired) electrons. The fourth-order valence-corrected chi connectivity index (χ4v) is 2.13. The first-order valence-corrected chi connectivity index (χ1v) is 5.00. The van der Waals surface area contributed by atoms with Crippen LogP contribution in [0.25, 0.3) is 0 Å². The molecule has 1 fully saturated rings. The maximum atomic E-state index is 11.2. The minimum Gasteiger partial charge on any atom is -0.468 e. The molecular weight excluding hydrogens is 166 g/mol. The van der Waals surface area contributed by atoms with Crippen LogP contribution in [0, 0.1) is 11.8 Å². The van der Waals surface area contributed by atoms with E-state index in [9.17, 15) is 4.79 Å². The maximum Gasteiger partial charge on any atom is 0.322 e. The Morgan fingerprint density at radius 1 is 1.46 bits per heavy atom. The zero-order valence-corrected chi connectivity index (χ0v) is 8.45. The van der Waals surface area contributed by atoms with Gasteiger partial charge in [0.05, 0.1) is 7.11 Å². The summed E-state index contributed by atoms with van der Waals surface area (Å²) in [7, 11) is 1.39.